The average Bonchev–Trinajstić information content (AvgIpc) is 3.04. The van der Waals surface area contributed by atoms with Gasteiger partial charge in [0.15, 0.2) is 5.13 Å². The molecule has 2 amide bonds. The molecule has 0 saturated heterocycles. The average molecular weight is 333 g/mol. The fourth-order valence-electron chi connectivity index (χ4n) is 2.05. The standard InChI is InChI=1S/C16H19N3O3S/c1-10(2)13(15(21)19-16-17-8-9-23-16)18-14(20)11-6-4-5-7-12(11)22-3/h4-10,13H,1-3H3,(H,18,20)(H,17,19,21). The van der Waals surface area contributed by atoms with Gasteiger partial charge in [0, 0.05) is 11.6 Å². The van der Waals surface area contributed by atoms with Gasteiger partial charge in [0.1, 0.15) is 11.8 Å². The van der Waals surface area contributed by atoms with Crippen LogP contribution < -0.4 is 15.4 Å². The molecule has 0 aliphatic rings. The number of benzene rings is 1. The van der Waals surface area contributed by atoms with Gasteiger partial charge in [-0.15, -0.1) is 11.3 Å². The maximum absolute atomic E-state index is 12.5. The van der Waals surface area contributed by atoms with Gasteiger partial charge in [0.05, 0.1) is 12.7 Å². The number of para-hydroxylation sites is 1. The SMILES string of the molecule is COc1ccccc1C(=O)NC(C(=O)Nc1nccs1)C(C)C. The number of carbonyl (C=O) groups is 2. The highest BCUT2D eigenvalue weighted by Gasteiger charge is 2.26. The second-order valence-corrected chi connectivity index (χ2v) is 6.12. The largest absolute Gasteiger partial charge is 0.496 e. The molecule has 2 aromatic rings. The van der Waals surface area contributed by atoms with Crippen LogP contribution >= 0.6 is 11.3 Å². The van der Waals surface area contributed by atoms with Crippen molar-refractivity contribution in [3.8, 4) is 5.75 Å². The first-order chi connectivity index (χ1) is 11.0. The van der Waals surface area contributed by atoms with Crippen LogP contribution in [-0.2, 0) is 4.79 Å². The predicted molar refractivity (Wildman–Crippen MR) is 89.8 cm³/mol. The number of carbonyl (C=O) groups excluding carboxylic acids is 2. The minimum absolute atomic E-state index is 0.0754. The first kappa shape index (κ1) is 17.0. The lowest BCUT2D eigenvalue weighted by molar-refractivity contribution is -0.118. The van der Waals surface area contributed by atoms with Crippen molar-refractivity contribution in [1.29, 1.82) is 0 Å². The van der Waals surface area contributed by atoms with Crippen LogP contribution in [0, 0.1) is 5.92 Å². The quantitative estimate of drug-likeness (QED) is 0.851. The minimum atomic E-state index is -0.670. The smallest absolute Gasteiger partial charge is 0.255 e. The molecule has 0 aliphatic carbocycles. The van der Waals surface area contributed by atoms with Crippen LogP contribution in [0.2, 0.25) is 0 Å². The minimum Gasteiger partial charge on any atom is -0.496 e. The molecule has 0 bridgehead atoms. The van der Waals surface area contributed by atoms with E-state index in [2.05, 4.69) is 15.6 Å². The van der Waals surface area contributed by atoms with E-state index in [9.17, 15) is 9.59 Å². The van der Waals surface area contributed by atoms with E-state index in [-0.39, 0.29) is 17.7 Å². The summed E-state index contributed by atoms with van der Waals surface area (Å²) in [6.07, 6.45) is 1.61. The summed E-state index contributed by atoms with van der Waals surface area (Å²) in [4.78, 5) is 28.9. The van der Waals surface area contributed by atoms with Gasteiger partial charge >= 0.3 is 0 Å². The fourth-order valence-corrected chi connectivity index (χ4v) is 2.59. The zero-order chi connectivity index (χ0) is 16.8. The summed E-state index contributed by atoms with van der Waals surface area (Å²) in [7, 11) is 1.50. The summed E-state index contributed by atoms with van der Waals surface area (Å²) >= 11 is 1.33. The Labute approximate surface area is 138 Å². The van der Waals surface area contributed by atoms with Crippen LogP contribution in [0.25, 0.3) is 0 Å². The molecule has 122 valence electrons. The van der Waals surface area contributed by atoms with E-state index in [4.69, 9.17) is 4.74 Å². The lowest BCUT2D eigenvalue weighted by atomic mass is 10.0. The summed E-state index contributed by atoms with van der Waals surface area (Å²) in [6, 6.07) is 6.22. The molecule has 7 heteroatoms. The van der Waals surface area contributed by atoms with Gasteiger partial charge in [-0.2, -0.15) is 0 Å². The molecule has 0 aliphatic heterocycles. The molecule has 0 spiro atoms. The van der Waals surface area contributed by atoms with Gasteiger partial charge in [-0.3, -0.25) is 9.59 Å². The third-order valence-electron chi connectivity index (χ3n) is 3.25. The van der Waals surface area contributed by atoms with Gasteiger partial charge < -0.3 is 15.4 Å². The van der Waals surface area contributed by atoms with Gasteiger partial charge in [0.25, 0.3) is 5.91 Å². The van der Waals surface area contributed by atoms with Crippen molar-refractivity contribution in [3.05, 3.63) is 41.4 Å². The van der Waals surface area contributed by atoms with E-state index in [0.29, 0.717) is 16.4 Å². The number of hydrogen-bond donors (Lipinski definition) is 2. The van der Waals surface area contributed by atoms with Gasteiger partial charge in [-0.1, -0.05) is 26.0 Å². The number of rotatable bonds is 6. The summed E-state index contributed by atoms with van der Waals surface area (Å²) in [5.74, 6) is -0.255. The number of anilines is 1. The van der Waals surface area contributed by atoms with Crippen LogP contribution in [0.15, 0.2) is 35.8 Å². The Balaban J connectivity index is 2.12. The van der Waals surface area contributed by atoms with Crippen LogP contribution in [0.3, 0.4) is 0 Å². The first-order valence-electron chi connectivity index (χ1n) is 7.17. The zero-order valence-corrected chi connectivity index (χ0v) is 14.0. The highest BCUT2D eigenvalue weighted by atomic mass is 32.1. The number of amides is 2. The van der Waals surface area contributed by atoms with Crippen molar-refractivity contribution in [1.82, 2.24) is 10.3 Å². The highest BCUT2D eigenvalue weighted by molar-refractivity contribution is 7.13. The molecule has 0 fully saturated rings. The molecular weight excluding hydrogens is 314 g/mol. The monoisotopic (exact) mass is 333 g/mol. The molecule has 23 heavy (non-hydrogen) atoms. The zero-order valence-electron chi connectivity index (χ0n) is 13.2. The Bertz CT molecular complexity index is 671. The molecule has 1 aromatic carbocycles. The van der Waals surface area contributed by atoms with Crippen LogP contribution in [0.4, 0.5) is 5.13 Å². The lowest BCUT2D eigenvalue weighted by Crippen LogP contribution is -2.47. The van der Waals surface area contributed by atoms with Crippen molar-refractivity contribution < 1.29 is 14.3 Å². The topological polar surface area (TPSA) is 80.3 Å². The summed E-state index contributed by atoms with van der Waals surface area (Å²) in [5.41, 5.74) is 0.391. The molecule has 2 rings (SSSR count). The van der Waals surface area contributed by atoms with Crippen LogP contribution in [0.5, 0.6) is 5.75 Å². The number of thiazole rings is 1. The fraction of sp³-hybridized carbons (Fsp3) is 0.312. The van der Waals surface area contributed by atoms with Gasteiger partial charge in [0.2, 0.25) is 5.91 Å². The van der Waals surface area contributed by atoms with E-state index in [1.54, 1.807) is 35.8 Å². The van der Waals surface area contributed by atoms with Gasteiger partial charge in [-0.05, 0) is 18.1 Å². The van der Waals surface area contributed by atoms with Gasteiger partial charge in [-0.25, -0.2) is 4.98 Å². The Morgan fingerprint density at radius 3 is 2.61 bits per heavy atom. The van der Waals surface area contributed by atoms with Crippen molar-refractivity contribution >= 4 is 28.3 Å². The second-order valence-electron chi connectivity index (χ2n) is 5.22. The molecule has 6 nitrogen and oxygen atoms in total. The number of nitrogens with zero attached hydrogens (tertiary/aromatic N) is 1. The molecule has 1 aromatic heterocycles. The summed E-state index contributed by atoms with van der Waals surface area (Å²) in [6.45, 7) is 3.74. The molecule has 2 N–H and O–H groups in total. The molecule has 1 unspecified atom stereocenters. The normalized spacial score (nSPS) is 11.8. The van der Waals surface area contributed by atoms with E-state index in [1.165, 1.54) is 18.4 Å². The third-order valence-corrected chi connectivity index (χ3v) is 3.94. The molecule has 0 radical (unpaired) electrons. The first-order valence-corrected chi connectivity index (χ1v) is 8.05. The third kappa shape index (κ3) is 4.29. The maximum atomic E-state index is 12.5. The van der Waals surface area contributed by atoms with E-state index < -0.39 is 6.04 Å². The molecule has 1 atom stereocenters. The Hall–Kier alpha value is -2.41. The summed E-state index contributed by atoms with van der Waals surface area (Å²) < 4.78 is 5.18. The van der Waals surface area contributed by atoms with Crippen molar-refractivity contribution in [2.75, 3.05) is 12.4 Å². The predicted octanol–water partition coefficient (Wildman–Crippen LogP) is 2.54. The molecule has 0 saturated carbocycles. The summed E-state index contributed by atoms with van der Waals surface area (Å²) in [5, 5.41) is 7.75. The van der Waals surface area contributed by atoms with Crippen molar-refractivity contribution in [2.45, 2.75) is 19.9 Å². The Morgan fingerprint density at radius 2 is 2.00 bits per heavy atom. The molecule has 1 heterocycles. The Morgan fingerprint density at radius 1 is 1.26 bits per heavy atom. The highest BCUT2D eigenvalue weighted by Crippen LogP contribution is 2.18. The number of aromatic nitrogens is 1. The Kier molecular flexibility index (Phi) is 5.70. The number of methoxy groups -OCH3 is 1. The number of ether oxygens (including phenoxy) is 1. The lowest BCUT2D eigenvalue weighted by Gasteiger charge is -2.21. The van der Waals surface area contributed by atoms with E-state index >= 15 is 0 Å². The van der Waals surface area contributed by atoms with Crippen molar-refractivity contribution in [2.24, 2.45) is 5.92 Å². The van der Waals surface area contributed by atoms with E-state index in [0.717, 1.165) is 0 Å². The van der Waals surface area contributed by atoms with E-state index in [1.807, 2.05) is 13.8 Å². The maximum Gasteiger partial charge on any atom is 0.255 e. The number of hydrogen-bond acceptors (Lipinski definition) is 5. The molecular formula is C16H19N3O3S. The second kappa shape index (κ2) is 7.73. The van der Waals surface area contributed by atoms with Crippen LogP contribution in [0.1, 0.15) is 24.2 Å². The van der Waals surface area contributed by atoms with Crippen molar-refractivity contribution in [3.63, 3.8) is 0 Å². The number of nitrogens with one attached hydrogen (secondary N) is 2. The van der Waals surface area contributed by atoms with Crippen LogP contribution in [-0.4, -0.2) is 29.9 Å².